The number of aliphatic hydroxyl groups is 2. The number of rotatable bonds is 13. The summed E-state index contributed by atoms with van der Waals surface area (Å²) in [7, 11) is 0. The molecule has 32 heavy (non-hydrogen) atoms. The van der Waals surface area contributed by atoms with Gasteiger partial charge in [-0.1, -0.05) is 65.2 Å². The Morgan fingerprint density at radius 1 is 1.16 bits per heavy atom. The molecular weight excluding hydrogens is 402 g/mol. The third kappa shape index (κ3) is 11.2. The number of benzene rings is 1. The van der Waals surface area contributed by atoms with Crippen LogP contribution in [0.1, 0.15) is 63.4 Å². The van der Waals surface area contributed by atoms with Gasteiger partial charge in [0.25, 0.3) is 0 Å². The van der Waals surface area contributed by atoms with E-state index in [1.54, 1.807) is 36.4 Å². The van der Waals surface area contributed by atoms with E-state index >= 15 is 0 Å². The van der Waals surface area contributed by atoms with E-state index < -0.39 is 12.2 Å². The van der Waals surface area contributed by atoms with E-state index in [0.29, 0.717) is 41.5 Å². The number of Topliss-reactive ketones (excluding diaryl/α,β-unsaturated/α-hetero) is 1. The van der Waals surface area contributed by atoms with Gasteiger partial charge in [0.05, 0.1) is 6.10 Å². The van der Waals surface area contributed by atoms with Gasteiger partial charge in [-0.25, -0.2) is 0 Å². The van der Waals surface area contributed by atoms with E-state index in [4.69, 9.17) is 10.5 Å². The third-order valence-corrected chi connectivity index (χ3v) is 4.49. The maximum absolute atomic E-state index is 11.9. The lowest BCUT2D eigenvalue weighted by Crippen LogP contribution is -2.26. The minimum Gasteiger partial charge on any atom is -0.489 e. The first-order valence-electron chi connectivity index (χ1n) is 11.2. The summed E-state index contributed by atoms with van der Waals surface area (Å²) in [6, 6.07) is 5.19. The van der Waals surface area contributed by atoms with Crippen molar-refractivity contribution >= 4 is 11.9 Å². The van der Waals surface area contributed by atoms with Crippen LogP contribution < -0.4 is 10.5 Å². The van der Waals surface area contributed by atoms with Crippen molar-refractivity contribution in [2.75, 3.05) is 13.2 Å². The first-order valence-corrected chi connectivity index (χ1v) is 11.2. The Morgan fingerprint density at radius 3 is 2.38 bits per heavy atom. The summed E-state index contributed by atoms with van der Waals surface area (Å²) in [6.45, 7) is 18.0. The zero-order chi connectivity index (χ0) is 24.7. The second kappa shape index (κ2) is 16.2. The fraction of sp³-hybridized carbons (Fsp3) is 0.444. The van der Waals surface area contributed by atoms with Crippen molar-refractivity contribution in [2.45, 2.75) is 59.7 Å². The number of allylic oxidation sites excluding steroid dienone is 1. The summed E-state index contributed by atoms with van der Waals surface area (Å²) in [5.41, 5.74) is 7.98. The monoisotopic (exact) mass is 443 g/mol. The van der Waals surface area contributed by atoms with Crippen LogP contribution >= 0.6 is 0 Å². The number of ether oxygens (including phenoxy) is 1. The van der Waals surface area contributed by atoms with Gasteiger partial charge in [-0.15, -0.1) is 0 Å². The van der Waals surface area contributed by atoms with Gasteiger partial charge in [-0.05, 0) is 60.6 Å². The van der Waals surface area contributed by atoms with Gasteiger partial charge >= 0.3 is 0 Å². The van der Waals surface area contributed by atoms with E-state index in [2.05, 4.69) is 27.0 Å². The van der Waals surface area contributed by atoms with Crippen LogP contribution in [0.2, 0.25) is 0 Å². The molecule has 5 nitrogen and oxygen atoms in total. The summed E-state index contributed by atoms with van der Waals surface area (Å²) < 4.78 is 5.65. The Hall–Kier alpha value is -2.47. The van der Waals surface area contributed by atoms with Crippen LogP contribution in [0, 0.1) is 5.92 Å². The second-order valence-corrected chi connectivity index (χ2v) is 7.81. The lowest BCUT2D eigenvalue weighted by Gasteiger charge is -2.17. The fourth-order valence-corrected chi connectivity index (χ4v) is 2.63. The van der Waals surface area contributed by atoms with Crippen molar-refractivity contribution in [1.82, 2.24) is 0 Å². The standard InChI is InChI=1S/C25H35NO4.C2H6/c1-17(2)8-6-9-19(4)25(29)24(28)11-7-10-21-14-22(30-16-18(3)15-26)12-13-23(21)20(5)27;1-2/h6-7,9-10,12-14,17,24-25,28-29H,3-4,8,11,15-16,26H2,1-2,5H3;1-2H3/b9-6-,10-7+;/t24-,25?;/m0./s1. The molecule has 0 saturated heterocycles. The lowest BCUT2D eigenvalue weighted by molar-refractivity contribution is 0.0465. The highest BCUT2D eigenvalue weighted by molar-refractivity contribution is 5.97. The average molecular weight is 444 g/mol. The minimum atomic E-state index is -1.05. The largest absolute Gasteiger partial charge is 0.489 e. The number of hydrogen-bond acceptors (Lipinski definition) is 5. The highest BCUT2D eigenvalue weighted by Gasteiger charge is 2.16. The first-order chi connectivity index (χ1) is 15.1. The molecule has 0 fully saturated rings. The molecule has 178 valence electrons. The predicted molar refractivity (Wildman–Crippen MR) is 135 cm³/mol. The molecule has 2 atom stereocenters. The molecule has 0 bridgehead atoms. The van der Waals surface area contributed by atoms with Crippen molar-refractivity contribution in [3.8, 4) is 5.75 Å². The zero-order valence-electron chi connectivity index (χ0n) is 20.3. The SMILES string of the molecule is C=C(CN)COc1ccc(C(C)=O)c(/C=C/C[C@H](O)C(O)C(=C)/C=C\CC(C)C)c1.CC. The predicted octanol–water partition coefficient (Wildman–Crippen LogP) is 5.09. The molecule has 0 saturated carbocycles. The summed E-state index contributed by atoms with van der Waals surface area (Å²) in [5, 5.41) is 20.5. The number of aliphatic hydroxyl groups excluding tert-OH is 2. The quantitative estimate of drug-likeness (QED) is 0.224. The van der Waals surface area contributed by atoms with Gasteiger partial charge in [0, 0.05) is 12.1 Å². The van der Waals surface area contributed by atoms with Crippen LogP contribution in [0.15, 0.2) is 60.7 Å². The number of hydrogen-bond donors (Lipinski definition) is 3. The molecule has 0 aromatic heterocycles. The van der Waals surface area contributed by atoms with Crippen LogP contribution in [0.4, 0.5) is 0 Å². The van der Waals surface area contributed by atoms with Crippen molar-refractivity contribution in [1.29, 1.82) is 0 Å². The second-order valence-electron chi connectivity index (χ2n) is 7.81. The van der Waals surface area contributed by atoms with Crippen LogP contribution in [0.5, 0.6) is 5.75 Å². The van der Waals surface area contributed by atoms with Gasteiger partial charge in [0.1, 0.15) is 18.5 Å². The van der Waals surface area contributed by atoms with E-state index in [1.807, 2.05) is 19.9 Å². The van der Waals surface area contributed by atoms with Gasteiger partial charge in [-0.3, -0.25) is 4.79 Å². The third-order valence-electron chi connectivity index (χ3n) is 4.49. The van der Waals surface area contributed by atoms with Gasteiger partial charge < -0.3 is 20.7 Å². The zero-order valence-corrected chi connectivity index (χ0v) is 20.3. The van der Waals surface area contributed by atoms with Gasteiger partial charge in [-0.2, -0.15) is 0 Å². The van der Waals surface area contributed by atoms with E-state index in [9.17, 15) is 15.0 Å². The van der Waals surface area contributed by atoms with Crippen LogP contribution in [-0.2, 0) is 0 Å². The Morgan fingerprint density at radius 2 is 1.81 bits per heavy atom. The van der Waals surface area contributed by atoms with E-state index in [0.717, 1.165) is 12.0 Å². The first kappa shape index (κ1) is 29.5. The van der Waals surface area contributed by atoms with Crippen LogP contribution in [0.3, 0.4) is 0 Å². The Kier molecular flexibility index (Phi) is 15.0. The molecule has 0 aliphatic rings. The number of carbonyl (C=O) groups is 1. The van der Waals surface area contributed by atoms with Crippen molar-refractivity contribution < 1.29 is 19.7 Å². The molecule has 5 heteroatoms. The topological polar surface area (TPSA) is 92.8 Å². The highest BCUT2D eigenvalue weighted by atomic mass is 16.5. The molecule has 0 aliphatic heterocycles. The molecule has 0 aliphatic carbocycles. The smallest absolute Gasteiger partial charge is 0.160 e. The molecule has 1 unspecified atom stereocenters. The van der Waals surface area contributed by atoms with Crippen molar-refractivity contribution in [3.63, 3.8) is 0 Å². The summed E-state index contributed by atoms with van der Waals surface area (Å²) >= 11 is 0. The Bertz CT molecular complexity index is 793. The average Bonchev–Trinajstić information content (AvgIpc) is 2.77. The minimum absolute atomic E-state index is 0.0724. The molecule has 0 spiro atoms. The molecule has 1 aromatic rings. The fourth-order valence-electron chi connectivity index (χ4n) is 2.63. The molecular formula is C27H41NO4. The number of nitrogens with two attached hydrogens (primary N) is 1. The van der Waals surface area contributed by atoms with E-state index in [-0.39, 0.29) is 12.2 Å². The lowest BCUT2D eigenvalue weighted by atomic mass is 10.00. The molecule has 0 radical (unpaired) electrons. The molecule has 0 heterocycles. The van der Waals surface area contributed by atoms with Crippen LogP contribution in [0.25, 0.3) is 6.08 Å². The summed E-state index contributed by atoms with van der Waals surface area (Å²) in [6.07, 6.45) is 6.22. The van der Waals surface area contributed by atoms with Crippen molar-refractivity contribution in [3.05, 3.63) is 71.9 Å². The molecule has 0 amide bonds. The number of ketones is 1. The summed E-state index contributed by atoms with van der Waals surface area (Å²) in [4.78, 5) is 11.9. The molecule has 4 N–H and O–H groups in total. The molecule has 1 aromatic carbocycles. The Balaban J connectivity index is 0.00000466. The maximum Gasteiger partial charge on any atom is 0.160 e. The van der Waals surface area contributed by atoms with E-state index in [1.165, 1.54) is 6.92 Å². The normalized spacial score (nSPS) is 13.0. The summed E-state index contributed by atoms with van der Waals surface area (Å²) in [5.74, 6) is 1.04. The molecule has 1 rings (SSSR count). The van der Waals surface area contributed by atoms with Crippen molar-refractivity contribution in [2.24, 2.45) is 11.7 Å². The Labute approximate surface area is 194 Å². The maximum atomic E-state index is 11.9. The van der Waals surface area contributed by atoms with Crippen LogP contribution in [-0.4, -0.2) is 41.4 Å². The van der Waals surface area contributed by atoms with Gasteiger partial charge in [0.15, 0.2) is 5.78 Å². The highest BCUT2D eigenvalue weighted by Crippen LogP contribution is 2.21. The van der Waals surface area contributed by atoms with Gasteiger partial charge in [0.2, 0.25) is 0 Å². The number of carbonyl (C=O) groups excluding carboxylic acids is 1.